The zero-order valence-electron chi connectivity index (χ0n) is 10.2. The van der Waals surface area contributed by atoms with E-state index in [4.69, 9.17) is 0 Å². The van der Waals surface area contributed by atoms with Crippen LogP contribution in [-0.2, 0) is 6.54 Å². The highest BCUT2D eigenvalue weighted by atomic mass is 15.1. The van der Waals surface area contributed by atoms with Crippen LogP contribution < -0.4 is 10.2 Å². The quantitative estimate of drug-likeness (QED) is 0.713. The number of nitrogens with zero attached hydrogens (tertiary/aromatic N) is 2. The van der Waals surface area contributed by atoms with Crippen molar-refractivity contribution in [1.29, 1.82) is 0 Å². The third kappa shape index (κ3) is 3.35. The van der Waals surface area contributed by atoms with E-state index in [0.29, 0.717) is 0 Å². The summed E-state index contributed by atoms with van der Waals surface area (Å²) < 4.78 is 0. The Morgan fingerprint density at radius 1 is 1.50 bits per heavy atom. The molecule has 0 spiro atoms. The Kier molecular flexibility index (Phi) is 5.57. The van der Waals surface area contributed by atoms with Crippen LogP contribution in [0.4, 0.5) is 5.69 Å². The van der Waals surface area contributed by atoms with Crippen LogP contribution in [0.25, 0.3) is 0 Å². The monoisotopic (exact) mass is 219 g/mol. The number of anilines is 1. The third-order valence-corrected chi connectivity index (χ3v) is 2.52. The second kappa shape index (κ2) is 7.01. The topological polar surface area (TPSA) is 28.2 Å². The van der Waals surface area contributed by atoms with Crippen LogP contribution in [-0.4, -0.2) is 24.6 Å². The fourth-order valence-electron chi connectivity index (χ4n) is 1.66. The lowest BCUT2D eigenvalue weighted by molar-refractivity contribution is 0.721. The summed E-state index contributed by atoms with van der Waals surface area (Å²) in [5.41, 5.74) is 2.49. The van der Waals surface area contributed by atoms with Gasteiger partial charge in [0.2, 0.25) is 0 Å². The van der Waals surface area contributed by atoms with Crippen molar-refractivity contribution in [2.75, 3.05) is 24.5 Å². The van der Waals surface area contributed by atoms with Gasteiger partial charge in [0.05, 0.1) is 11.9 Å². The molecule has 0 aromatic carbocycles. The minimum absolute atomic E-state index is 0.862. The van der Waals surface area contributed by atoms with Crippen molar-refractivity contribution in [1.82, 2.24) is 10.3 Å². The van der Waals surface area contributed by atoms with E-state index in [2.05, 4.69) is 41.7 Å². The summed E-state index contributed by atoms with van der Waals surface area (Å²) in [5, 5.41) is 3.35. The smallest absolute Gasteiger partial charge is 0.0601 e. The van der Waals surface area contributed by atoms with Crippen molar-refractivity contribution < 1.29 is 0 Å². The highest BCUT2D eigenvalue weighted by Crippen LogP contribution is 2.18. The zero-order chi connectivity index (χ0) is 11.8. The van der Waals surface area contributed by atoms with Crippen molar-refractivity contribution in [3.05, 3.63) is 36.7 Å². The predicted octanol–water partition coefficient (Wildman–Crippen LogP) is 2.20. The molecule has 0 aliphatic heterocycles. The molecule has 1 heterocycles. The molecule has 1 aromatic heterocycles. The van der Waals surface area contributed by atoms with Gasteiger partial charge in [0, 0.05) is 25.8 Å². The van der Waals surface area contributed by atoms with Gasteiger partial charge in [0.15, 0.2) is 0 Å². The summed E-state index contributed by atoms with van der Waals surface area (Å²) in [7, 11) is 0. The van der Waals surface area contributed by atoms with Gasteiger partial charge < -0.3 is 10.2 Å². The van der Waals surface area contributed by atoms with Crippen molar-refractivity contribution >= 4 is 5.69 Å². The van der Waals surface area contributed by atoms with Crippen LogP contribution >= 0.6 is 0 Å². The fraction of sp³-hybridized carbons (Fsp3) is 0.462. The molecule has 0 saturated heterocycles. The summed E-state index contributed by atoms with van der Waals surface area (Å²) in [5.74, 6) is 0. The number of likely N-dealkylation sites (N-methyl/N-ethyl adjacent to an activating group) is 1. The normalized spacial score (nSPS) is 10.1. The maximum Gasteiger partial charge on any atom is 0.0601 e. The summed E-state index contributed by atoms with van der Waals surface area (Å²) in [4.78, 5) is 6.47. The number of nitrogens with one attached hydrogen (secondary N) is 1. The molecule has 0 amide bonds. The molecule has 0 fully saturated rings. The molecule has 0 saturated carbocycles. The van der Waals surface area contributed by atoms with Crippen molar-refractivity contribution in [2.24, 2.45) is 0 Å². The lowest BCUT2D eigenvalue weighted by Crippen LogP contribution is -2.25. The van der Waals surface area contributed by atoms with Crippen molar-refractivity contribution in [2.45, 2.75) is 20.4 Å². The molecule has 0 radical (unpaired) electrons. The number of pyridine rings is 1. The Morgan fingerprint density at radius 3 is 2.94 bits per heavy atom. The third-order valence-electron chi connectivity index (χ3n) is 2.52. The molecule has 1 aromatic rings. The second-order valence-electron chi connectivity index (χ2n) is 3.61. The molecule has 0 aliphatic carbocycles. The van der Waals surface area contributed by atoms with E-state index in [9.17, 15) is 0 Å². The van der Waals surface area contributed by atoms with E-state index in [1.807, 2.05) is 18.5 Å². The molecule has 1 N–H and O–H groups in total. The maximum absolute atomic E-state index is 4.20. The van der Waals surface area contributed by atoms with Gasteiger partial charge in [0.25, 0.3) is 0 Å². The molecule has 3 nitrogen and oxygen atoms in total. The second-order valence-corrected chi connectivity index (χ2v) is 3.61. The Morgan fingerprint density at radius 2 is 2.31 bits per heavy atom. The minimum Gasteiger partial charge on any atom is -0.367 e. The first-order valence-corrected chi connectivity index (χ1v) is 5.82. The SMILES string of the molecule is C=CCN(CC)c1cnccc1CNCC. The molecule has 88 valence electrons. The Bertz CT molecular complexity index is 323. The Labute approximate surface area is 98.2 Å². The number of rotatable bonds is 7. The van der Waals surface area contributed by atoms with Crippen LogP contribution in [0.2, 0.25) is 0 Å². The lowest BCUT2D eigenvalue weighted by Gasteiger charge is -2.23. The van der Waals surface area contributed by atoms with Crippen LogP contribution in [0.3, 0.4) is 0 Å². The summed E-state index contributed by atoms with van der Waals surface area (Å²) in [6, 6.07) is 2.07. The van der Waals surface area contributed by atoms with Gasteiger partial charge in [-0.3, -0.25) is 4.98 Å². The average molecular weight is 219 g/mol. The van der Waals surface area contributed by atoms with E-state index >= 15 is 0 Å². The first-order valence-electron chi connectivity index (χ1n) is 5.82. The molecule has 0 unspecified atom stereocenters. The highest BCUT2D eigenvalue weighted by Gasteiger charge is 2.07. The predicted molar refractivity (Wildman–Crippen MR) is 69.7 cm³/mol. The van der Waals surface area contributed by atoms with Gasteiger partial charge in [-0.05, 0) is 25.1 Å². The van der Waals surface area contributed by atoms with E-state index in [1.54, 1.807) is 0 Å². The van der Waals surface area contributed by atoms with Gasteiger partial charge in [-0.25, -0.2) is 0 Å². The Balaban J connectivity index is 2.86. The maximum atomic E-state index is 4.20. The molecule has 1 rings (SSSR count). The molecular weight excluding hydrogens is 198 g/mol. The fourth-order valence-corrected chi connectivity index (χ4v) is 1.66. The number of hydrogen-bond donors (Lipinski definition) is 1. The van der Waals surface area contributed by atoms with Gasteiger partial charge in [-0.1, -0.05) is 13.0 Å². The van der Waals surface area contributed by atoms with Gasteiger partial charge in [0.1, 0.15) is 0 Å². The van der Waals surface area contributed by atoms with Crippen LogP contribution in [0.15, 0.2) is 31.1 Å². The van der Waals surface area contributed by atoms with Crippen molar-refractivity contribution in [3.8, 4) is 0 Å². The minimum atomic E-state index is 0.862. The summed E-state index contributed by atoms with van der Waals surface area (Å²) in [6.45, 7) is 11.8. The first-order chi connectivity index (χ1) is 7.83. The van der Waals surface area contributed by atoms with Gasteiger partial charge >= 0.3 is 0 Å². The highest BCUT2D eigenvalue weighted by molar-refractivity contribution is 5.52. The molecule has 0 bridgehead atoms. The van der Waals surface area contributed by atoms with Gasteiger partial charge in [-0.2, -0.15) is 0 Å². The molecule has 0 atom stereocenters. The van der Waals surface area contributed by atoms with Crippen molar-refractivity contribution in [3.63, 3.8) is 0 Å². The van der Waals surface area contributed by atoms with Crippen LogP contribution in [0.1, 0.15) is 19.4 Å². The molecule has 16 heavy (non-hydrogen) atoms. The molecular formula is C13H21N3. The van der Waals surface area contributed by atoms with E-state index in [0.717, 1.165) is 26.2 Å². The molecule has 3 heteroatoms. The van der Waals surface area contributed by atoms with E-state index < -0.39 is 0 Å². The standard InChI is InChI=1S/C13H21N3/c1-4-9-16(6-3)13-11-15-8-7-12(13)10-14-5-2/h4,7-8,11,14H,1,5-6,9-10H2,2-3H3. The van der Waals surface area contributed by atoms with E-state index in [-0.39, 0.29) is 0 Å². The largest absolute Gasteiger partial charge is 0.367 e. The van der Waals surface area contributed by atoms with E-state index in [1.165, 1.54) is 11.3 Å². The zero-order valence-corrected chi connectivity index (χ0v) is 10.2. The summed E-state index contributed by atoms with van der Waals surface area (Å²) in [6.07, 6.45) is 5.70. The van der Waals surface area contributed by atoms with Gasteiger partial charge in [-0.15, -0.1) is 6.58 Å². The van der Waals surface area contributed by atoms with Crippen LogP contribution in [0.5, 0.6) is 0 Å². The Hall–Kier alpha value is -1.35. The average Bonchev–Trinajstić information content (AvgIpc) is 2.34. The van der Waals surface area contributed by atoms with Crippen LogP contribution in [0, 0.1) is 0 Å². The molecule has 0 aliphatic rings. The first kappa shape index (κ1) is 12.7. The number of hydrogen-bond acceptors (Lipinski definition) is 3. The lowest BCUT2D eigenvalue weighted by atomic mass is 10.2. The summed E-state index contributed by atoms with van der Waals surface area (Å²) >= 11 is 0. The number of aromatic nitrogens is 1.